The lowest BCUT2D eigenvalue weighted by atomic mass is 9.88. The van der Waals surface area contributed by atoms with Gasteiger partial charge in [-0.2, -0.15) is 0 Å². The van der Waals surface area contributed by atoms with E-state index in [4.69, 9.17) is 16.2 Å². The number of rotatable bonds is 10. The van der Waals surface area contributed by atoms with Gasteiger partial charge in [0.1, 0.15) is 12.1 Å². The van der Waals surface area contributed by atoms with E-state index < -0.39 is 58.9 Å². The van der Waals surface area contributed by atoms with Gasteiger partial charge in [-0.1, -0.05) is 33.6 Å². The van der Waals surface area contributed by atoms with E-state index >= 15 is 0 Å². The second-order valence-corrected chi connectivity index (χ2v) is 10.9. The summed E-state index contributed by atoms with van der Waals surface area (Å²) in [4.78, 5) is 61.5. The van der Waals surface area contributed by atoms with Crippen LogP contribution in [0.4, 0.5) is 4.79 Å². The molecule has 1 aliphatic carbocycles. The van der Waals surface area contributed by atoms with Crippen LogP contribution < -0.4 is 27.4 Å². The summed E-state index contributed by atoms with van der Waals surface area (Å²) in [6, 6.07) is -2.02. The molecular formula is C22H37N5O6. The molecule has 0 aromatic rings. The first-order valence-corrected chi connectivity index (χ1v) is 11.3. The molecule has 186 valence electrons. The van der Waals surface area contributed by atoms with Crippen LogP contribution in [0, 0.1) is 17.3 Å². The van der Waals surface area contributed by atoms with Crippen LogP contribution in [0.5, 0.6) is 0 Å². The molecule has 4 unspecified atom stereocenters. The van der Waals surface area contributed by atoms with E-state index in [9.17, 15) is 24.0 Å². The molecule has 33 heavy (non-hydrogen) atoms. The second-order valence-electron chi connectivity index (χ2n) is 10.9. The van der Waals surface area contributed by atoms with Crippen LogP contribution in [0.15, 0.2) is 0 Å². The zero-order valence-electron chi connectivity index (χ0n) is 20.0. The molecule has 2 rings (SSSR count). The number of carbonyl (C=O) groups is 5. The number of carbonyl (C=O) groups excluding carboxylic acids is 5. The topological polar surface area (TPSA) is 183 Å². The summed E-state index contributed by atoms with van der Waals surface area (Å²) in [7, 11) is 0. The van der Waals surface area contributed by atoms with Crippen molar-refractivity contribution in [3.63, 3.8) is 0 Å². The fraction of sp³-hybridized carbons (Fsp3) is 0.773. The number of nitrogens with two attached hydrogens (primary N) is 2. The van der Waals surface area contributed by atoms with Gasteiger partial charge < -0.3 is 32.2 Å². The lowest BCUT2D eigenvalue weighted by molar-refractivity contribution is -0.139. The third-order valence-corrected chi connectivity index (χ3v) is 5.93. The standard InChI is InChI=1S/C22H37N5O6/c1-21(2,3)15(33-20(24)32)19(31)26-14(8-11-6-7-11)18(30)25-13(16(23)28)9-12-10-22(4,5)27-17(12)29/h11-15H,6-10H2,1-5H3,(H2,23,28)(H2,24,32)(H,25,30)(H,26,31)(H,27,29). The van der Waals surface area contributed by atoms with Gasteiger partial charge in [0.2, 0.25) is 17.7 Å². The van der Waals surface area contributed by atoms with Crippen LogP contribution >= 0.6 is 0 Å². The quantitative estimate of drug-likeness (QED) is 0.302. The zero-order valence-corrected chi connectivity index (χ0v) is 20.0. The van der Waals surface area contributed by atoms with Crippen molar-refractivity contribution >= 4 is 29.7 Å². The molecular weight excluding hydrogens is 430 g/mol. The van der Waals surface area contributed by atoms with Crippen LogP contribution in [0.1, 0.15) is 66.7 Å². The zero-order chi connectivity index (χ0) is 25.1. The molecule has 1 saturated heterocycles. The number of ether oxygens (including phenoxy) is 1. The Balaban J connectivity index is 2.11. The van der Waals surface area contributed by atoms with Crippen molar-refractivity contribution in [1.82, 2.24) is 16.0 Å². The molecule has 0 aromatic heterocycles. The smallest absolute Gasteiger partial charge is 0.405 e. The number of primary amides is 2. The summed E-state index contributed by atoms with van der Waals surface area (Å²) in [6.45, 7) is 8.86. The highest BCUT2D eigenvalue weighted by molar-refractivity contribution is 5.93. The van der Waals surface area contributed by atoms with E-state index in [1.54, 1.807) is 20.8 Å². The lowest BCUT2D eigenvalue weighted by Gasteiger charge is -2.30. The van der Waals surface area contributed by atoms with Crippen LogP contribution in [-0.4, -0.2) is 53.4 Å². The minimum absolute atomic E-state index is 0.0653. The molecule has 11 nitrogen and oxygen atoms in total. The maximum atomic E-state index is 13.1. The molecule has 11 heteroatoms. The Morgan fingerprint density at radius 3 is 2.06 bits per heavy atom. The Hall–Kier alpha value is -2.85. The van der Waals surface area contributed by atoms with Gasteiger partial charge in [-0.05, 0) is 39.0 Å². The fourth-order valence-corrected chi connectivity index (χ4v) is 4.09. The van der Waals surface area contributed by atoms with Crippen molar-refractivity contribution in [3.05, 3.63) is 0 Å². The van der Waals surface area contributed by atoms with Crippen molar-refractivity contribution in [3.8, 4) is 0 Å². The third kappa shape index (κ3) is 7.90. The molecule has 1 aliphatic heterocycles. The second kappa shape index (κ2) is 9.96. The fourth-order valence-electron chi connectivity index (χ4n) is 4.09. The first kappa shape index (κ1) is 26.4. The van der Waals surface area contributed by atoms with E-state index in [0.717, 1.165) is 12.8 Å². The Kier molecular flexibility index (Phi) is 7.97. The van der Waals surface area contributed by atoms with Crippen LogP contribution in [0.25, 0.3) is 0 Å². The number of nitrogens with one attached hydrogen (secondary N) is 3. The van der Waals surface area contributed by atoms with Crippen molar-refractivity contribution in [2.24, 2.45) is 28.7 Å². The molecule has 2 aliphatic rings. The highest BCUT2D eigenvalue weighted by Gasteiger charge is 2.41. The number of amides is 5. The summed E-state index contributed by atoms with van der Waals surface area (Å²) in [5, 5.41) is 8.11. The molecule has 0 bridgehead atoms. The lowest BCUT2D eigenvalue weighted by Crippen LogP contribution is -2.56. The van der Waals surface area contributed by atoms with E-state index in [0.29, 0.717) is 12.8 Å². The third-order valence-electron chi connectivity index (χ3n) is 5.93. The number of hydrogen-bond acceptors (Lipinski definition) is 6. The highest BCUT2D eigenvalue weighted by atomic mass is 16.6. The largest absolute Gasteiger partial charge is 0.436 e. The van der Waals surface area contributed by atoms with Crippen molar-refractivity contribution in [1.29, 1.82) is 0 Å². The summed E-state index contributed by atoms with van der Waals surface area (Å²) in [5.41, 5.74) is 9.45. The first-order valence-electron chi connectivity index (χ1n) is 11.3. The van der Waals surface area contributed by atoms with Gasteiger partial charge in [-0.15, -0.1) is 0 Å². The average molecular weight is 468 g/mol. The molecule has 0 aromatic carbocycles. The van der Waals surface area contributed by atoms with Gasteiger partial charge in [-0.3, -0.25) is 19.2 Å². The van der Waals surface area contributed by atoms with Crippen molar-refractivity contribution in [2.45, 2.75) is 90.4 Å². The molecule has 0 spiro atoms. The van der Waals surface area contributed by atoms with Crippen molar-refractivity contribution < 1.29 is 28.7 Å². The van der Waals surface area contributed by atoms with Gasteiger partial charge in [0.25, 0.3) is 5.91 Å². The first-order chi connectivity index (χ1) is 15.1. The van der Waals surface area contributed by atoms with Gasteiger partial charge in [0.05, 0.1) is 0 Å². The Morgan fingerprint density at radius 1 is 1.06 bits per heavy atom. The number of hydrogen-bond donors (Lipinski definition) is 5. The summed E-state index contributed by atoms with van der Waals surface area (Å²) >= 11 is 0. The predicted molar refractivity (Wildman–Crippen MR) is 119 cm³/mol. The molecule has 2 fully saturated rings. The van der Waals surface area contributed by atoms with Crippen LogP contribution in [0.2, 0.25) is 0 Å². The molecule has 0 radical (unpaired) electrons. The molecule has 4 atom stereocenters. The Bertz CT molecular complexity index is 802. The Labute approximate surface area is 194 Å². The monoisotopic (exact) mass is 467 g/mol. The van der Waals surface area contributed by atoms with Crippen molar-refractivity contribution in [2.75, 3.05) is 0 Å². The maximum absolute atomic E-state index is 13.1. The Morgan fingerprint density at radius 2 is 1.64 bits per heavy atom. The molecule has 5 amide bonds. The van der Waals surface area contributed by atoms with Gasteiger partial charge in [0.15, 0.2) is 6.10 Å². The van der Waals surface area contributed by atoms with E-state index in [1.165, 1.54) is 0 Å². The van der Waals surface area contributed by atoms with Gasteiger partial charge >= 0.3 is 6.09 Å². The van der Waals surface area contributed by atoms with Crippen LogP contribution in [-0.2, 0) is 23.9 Å². The van der Waals surface area contributed by atoms with E-state index in [1.807, 2.05) is 13.8 Å². The normalized spacial score (nSPS) is 22.5. The predicted octanol–water partition coefficient (Wildman–Crippen LogP) is 0.0562. The van der Waals surface area contributed by atoms with Gasteiger partial charge in [0, 0.05) is 16.9 Å². The average Bonchev–Trinajstić information content (AvgIpc) is 3.41. The molecule has 7 N–H and O–H groups in total. The maximum Gasteiger partial charge on any atom is 0.405 e. The van der Waals surface area contributed by atoms with E-state index in [2.05, 4.69) is 16.0 Å². The van der Waals surface area contributed by atoms with Crippen LogP contribution in [0.3, 0.4) is 0 Å². The summed E-state index contributed by atoms with van der Waals surface area (Å²) < 4.78 is 4.99. The minimum Gasteiger partial charge on any atom is -0.436 e. The molecule has 1 heterocycles. The summed E-state index contributed by atoms with van der Waals surface area (Å²) in [6.07, 6.45) is 0.489. The SMILES string of the molecule is CC1(C)CC(CC(NC(=O)C(CC2CC2)NC(=O)C(OC(N)=O)C(C)(C)C)C(N)=O)C(=O)N1. The minimum atomic E-state index is -1.21. The molecule has 1 saturated carbocycles. The van der Waals surface area contributed by atoms with E-state index in [-0.39, 0.29) is 18.2 Å². The summed E-state index contributed by atoms with van der Waals surface area (Å²) in [5.74, 6) is -2.40. The van der Waals surface area contributed by atoms with Gasteiger partial charge in [-0.25, -0.2) is 4.79 Å². The highest BCUT2D eigenvalue weighted by Crippen LogP contribution is 2.34.